The van der Waals surface area contributed by atoms with Crippen LogP contribution in [0.1, 0.15) is 59.2 Å². The number of ether oxygens (including phenoxy) is 1. The number of ketones is 1. The van der Waals surface area contributed by atoms with E-state index in [-0.39, 0.29) is 29.6 Å². The molecule has 8 heteroatoms. The standard InChI is InChI=1S/C26H27ClN2O5/c1-28(20-5-3-2-4-6-20)22-15-24(31)29(25(22)32)21-13-9-18(10-14-21)26(33)34-16-23(30)17-7-11-19(27)12-8-17/h7-14,20,22H,2-6,15-16H2,1H3. The van der Waals surface area contributed by atoms with Gasteiger partial charge in [0.15, 0.2) is 12.4 Å². The fourth-order valence-electron chi connectivity index (χ4n) is 4.63. The van der Waals surface area contributed by atoms with Gasteiger partial charge < -0.3 is 4.74 Å². The van der Waals surface area contributed by atoms with E-state index in [1.54, 1.807) is 36.4 Å². The van der Waals surface area contributed by atoms with E-state index in [0.29, 0.717) is 22.3 Å². The molecule has 2 amide bonds. The van der Waals surface area contributed by atoms with Crippen molar-refractivity contribution >= 4 is 40.9 Å². The van der Waals surface area contributed by atoms with Crippen molar-refractivity contribution in [1.82, 2.24) is 4.90 Å². The number of rotatable bonds is 7. The zero-order valence-corrected chi connectivity index (χ0v) is 19.8. The molecule has 2 fully saturated rings. The Morgan fingerprint density at radius 2 is 1.59 bits per heavy atom. The molecule has 7 nitrogen and oxygen atoms in total. The lowest BCUT2D eigenvalue weighted by Crippen LogP contribution is -2.45. The summed E-state index contributed by atoms with van der Waals surface area (Å²) in [6.07, 6.45) is 5.77. The summed E-state index contributed by atoms with van der Waals surface area (Å²) in [6.45, 7) is -0.402. The minimum absolute atomic E-state index is 0.155. The smallest absolute Gasteiger partial charge is 0.338 e. The molecule has 0 spiro atoms. The van der Waals surface area contributed by atoms with Crippen LogP contribution in [0.4, 0.5) is 5.69 Å². The molecule has 1 unspecified atom stereocenters. The Hall–Kier alpha value is -3.03. The van der Waals surface area contributed by atoms with Crippen LogP contribution in [0, 0.1) is 0 Å². The van der Waals surface area contributed by atoms with Crippen LogP contribution in [-0.2, 0) is 14.3 Å². The van der Waals surface area contributed by atoms with Gasteiger partial charge >= 0.3 is 5.97 Å². The number of halogens is 1. The molecular weight excluding hydrogens is 456 g/mol. The van der Waals surface area contributed by atoms with Crippen LogP contribution < -0.4 is 4.90 Å². The molecule has 1 aliphatic carbocycles. The van der Waals surface area contributed by atoms with E-state index in [0.717, 1.165) is 25.7 Å². The summed E-state index contributed by atoms with van der Waals surface area (Å²) < 4.78 is 5.12. The fraction of sp³-hybridized carbons (Fsp3) is 0.385. The summed E-state index contributed by atoms with van der Waals surface area (Å²) in [4.78, 5) is 53.6. The van der Waals surface area contributed by atoms with Crippen LogP contribution in [0.3, 0.4) is 0 Å². The molecule has 1 heterocycles. The molecule has 4 rings (SSSR count). The molecule has 2 aliphatic rings. The van der Waals surface area contributed by atoms with Crippen molar-refractivity contribution in [3.05, 3.63) is 64.7 Å². The number of Topliss-reactive ketones (excluding diaryl/α,β-unsaturated/α-hetero) is 1. The normalized spacial score (nSPS) is 19.0. The highest BCUT2D eigenvalue weighted by Gasteiger charge is 2.43. The highest BCUT2D eigenvalue weighted by Crippen LogP contribution is 2.30. The molecule has 178 valence electrons. The van der Waals surface area contributed by atoms with E-state index in [1.165, 1.54) is 23.5 Å². The lowest BCUT2D eigenvalue weighted by molar-refractivity contribution is -0.123. The third kappa shape index (κ3) is 5.21. The highest BCUT2D eigenvalue weighted by molar-refractivity contribution is 6.30. The Morgan fingerprint density at radius 3 is 2.24 bits per heavy atom. The number of carbonyl (C=O) groups is 4. The molecule has 0 aromatic heterocycles. The van der Waals surface area contributed by atoms with Gasteiger partial charge in [-0.25, -0.2) is 9.69 Å². The van der Waals surface area contributed by atoms with E-state index >= 15 is 0 Å². The number of hydrogen-bond acceptors (Lipinski definition) is 6. The van der Waals surface area contributed by atoms with E-state index in [4.69, 9.17) is 16.3 Å². The van der Waals surface area contributed by atoms with Gasteiger partial charge in [0.2, 0.25) is 5.91 Å². The molecule has 1 atom stereocenters. The third-order valence-corrected chi connectivity index (χ3v) is 6.88. The van der Waals surface area contributed by atoms with E-state index in [9.17, 15) is 19.2 Å². The second kappa shape index (κ2) is 10.5. The van der Waals surface area contributed by atoms with Gasteiger partial charge in [-0.1, -0.05) is 30.9 Å². The van der Waals surface area contributed by atoms with Crippen LogP contribution >= 0.6 is 11.6 Å². The van der Waals surface area contributed by atoms with Crippen molar-refractivity contribution in [2.75, 3.05) is 18.6 Å². The first-order valence-corrected chi connectivity index (χ1v) is 11.9. The average Bonchev–Trinajstić information content (AvgIpc) is 3.16. The van der Waals surface area contributed by atoms with Gasteiger partial charge in [0.25, 0.3) is 5.91 Å². The number of anilines is 1. The molecule has 2 aromatic rings. The summed E-state index contributed by atoms with van der Waals surface area (Å²) >= 11 is 5.82. The van der Waals surface area contributed by atoms with Gasteiger partial charge in [-0.3, -0.25) is 19.3 Å². The number of hydrogen-bond donors (Lipinski definition) is 0. The molecule has 0 radical (unpaired) electrons. The number of imide groups is 1. The van der Waals surface area contributed by atoms with Crippen LogP contribution in [0.25, 0.3) is 0 Å². The van der Waals surface area contributed by atoms with Crippen molar-refractivity contribution in [2.24, 2.45) is 0 Å². The zero-order valence-electron chi connectivity index (χ0n) is 19.0. The highest BCUT2D eigenvalue weighted by atomic mass is 35.5. The van der Waals surface area contributed by atoms with Gasteiger partial charge in [0.05, 0.1) is 23.7 Å². The average molecular weight is 483 g/mol. The first-order valence-electron chi connectivity index (χ1n) is 11.5. The quantitative estimate of drug-likeness (QED) is 0.333. The van der Waals surface area contributed by atoms with Crippen molar-refractivity contribution in [2.45, 2.75) is 50.6 Å². The molecule has 0 bridgehead atoms. The number of likely N-dealkylation sites (N-methyl/N-ethyl adjacent to an activating group) is 1. The molecule has 1 aliphatic heterocycles. The van der Waals surface area contributed by atoms with E-state index < -0.39 is 18.6 Å². The van der Waals surface area contributed by atoms with Crippen molar-refractivity contribution in [3.8, 4) is 0 Å². The Balaban J connectivity index is 1.37. The third-order valence-electron chi connectivity index (χ3n) is 6.63. The first kappa shape index (κ1) is 24.1. The number of carbonyl (C=O) groups excluding carboxylic acids is 4. The number of amides is 2. The van der Waals surface area contributed by atoms with Crippen LogP contribution in [0.15, 0.2) is 48.5 Å². The minimum atomic E-state index is -0.664. The molecule has 1 saturated carbocycles. The number of esters is 1. The number of nitrogens with zero attached hydrogens (tertiary/aromatic N) is 2. The van der Waals surface area contributed by atoms with Crippen molar-refractivity contribution in [1.29, 1.82) is 0 Å². The largest absolute Gasteiger partial charge is 0.454 e. The maximum absolute atomic E-state index is 13.1. The molecule has 2 aromatic carbocycles. The zero-order chi connectivity index (χ0) is 24.2. The van der Waals surface area contributed by atoms with Gasteiger partial charge in [-0.05, 0) is 68.4 Å². The predicted octanol–water partition coefficient (Wildman–Crippen LogP) is 4.28. The topological polar surface area (TPSA) is 84.0 Å². The van der Waals surface area contributed by atoms with E-state index in [2.05, 4.69) is 4.90 Å². The Bertz CT molecular complexity index is 1080. The minimum Gasteiger partial charge on any atom is -0.454 e. The van der Waals surface area contributed by atoms with Gasteiger partial charge in [-0.15, -0.1) is 0 Å². The molecule has 1 saturated heterocycles. The summed E-state index contributed by atoms with van der Waals surface area (Å²) in [5, 5.41) is 0.510. The Kier molecular flexibility index (Phi) is 7.44. The monoisotopic (exact) mass is 482 g/mol. The lowest BCUT2D eigenvalue weighted by Gasteiger charge is -2.34. The van der Waals surface area contributed by atoms with Crippen molar-refractivity contribution < 1.29 is 23.9 Å². The summed E-state index contributed by atoms with van der Waals surface area (Å²) in [5.74, 6) is -1.49. The Labute approximate surface area is 203 Å². The maximum atomic E-state index is 13.1. The summed E-state index contributed by atoms with van der Waals surface area (Å²) in [5.41, 5.74) is 1.04. The fourth-order valence-corrected chi connectivity index (χ4v) is 4.75. The van der Waals surface area contributed by atoms with Crippen molar-refractivity contribution in [3.63, 3.8) is 0 Å². The second-order valence-electron chi connectivity index (χ2n) is 8.80. The first-order chi connectivity index (χ1) is 16.3. The second-order valence-corrected chi connectivity index (χ2v) is 9.23. The molecular formula is C26H27ClN2O5. The van der Waals surface area contributed by atoms with Gasteiger partial charge in [-0.2, -0.15) is 0 Å². The van der Waals surface area contributed by atoms with Crippen LogP contribution in [-0.4, -0.2) is 54.2 Å². The summed E-state index contributed by atoms with van der Waals surface area (Å²) in [7, 11) is 1.93. The Morgan fingerprint density at radius 1 is 0.971 bits per heavy atom. The predicted molar refractivity (Wildman–Crippen MR) is 128 cm³/mol. The van der Waals surface area contributed by atoms with Crippen LogP contribution in [0.2, 0.25) is 5.02 Å². The maximum Gasteiger partial charge on any atom is 0.338 e. The van der Waals surface area contributed by atoms with E-state index in [1.807, 2.05) is 7.05 Å². The molecule has 34 heavy (non-hydrogen) atoms. The lowest BCUT2D eigenvalue weighted by atomic mass is 9.93. The summed E-state index contributed by atoms with van der Waals surface area (Å²) in [6, 6.07) is 12.3. The number of benzene rings is 2. The van der Waals surface area contributed by atoms with Gasteiger partial charge in [0, 0.05) is 16.6 Å². The molecule has 0 N–H and O–H groups in total. The SMILES string of the molecule is CN(C1CCCCC1)C1CC(=O)N(c2ccc(C(=O)OCC(=O)c3ccc(Cl)cc3)cc2)C1=O. The van der Waals surface area contributed by atoms with Crippen LogP contribution in [0.5, 0.6) is 0 Å². The van der Waals surface area contributed by atoms with Gasteiger partial charge in [0.1, 0.15) is 0 Å².